The van der Waals surface area contributed by atoms with E-state index in [2.05, 4.69) is 15.9 Å². The van der Waals surface area contributed by atoms with Crippen molar-refractivity contribution in [2.45, 2.75) is 18.2 Å². The molecule has 0 heterocycles. The second kappa shape index (κ2) is 6.71. The Morgan fingerprint density at radius 1 is 1.59 bits per heavy atom. The molecule has 1 aromatic rings. The predicted molar refractivity (Wildman–Crippen MR) is 75.3 cm³/mol. The molecule has 0 aliphatic rings. The van der Waals surface area contributed by atoms with Crippen LogP contribution in [0.1, 0.15) is 13.3 Å². The standard InChI is InChI=1S/C12H14BrNO2S/c1-2-8(12(15)16)5-6-17-11-4-3-9(13)7-10(11)14/h3-5,7H,2,6,14H2,1H3,(H,15,16). The molecule has 0 atom stereocenters. The molecule has 0 saturated carbocycles. The maximum Gasteiger partial charge on any atom is 0.331 e. The van der Waals surface area contributed by atoms with Crippen molar-refractivity contribution in [1.29, 1.82) is 0 Å². The van der Waals surface area contributed by atoms with E-state index in [1.54, 1.807) is 6.08 Å². The Balaban J connectivity index is 2.65. The molecule has 0 radical (unpaired) electrons. The van der Waals surface area contributed by atoms with Gasteiger partial charge < -0.3 is 10.8 Å². The molecule has 3 N–H and O–H groups in total. The van der Waals surface area contributed by atoms with E-state index in [1.807, 2.05) is 25.1 Å². The predicted octanol–water partition coefficient (Wildman–Crippen LogP) is 3.54. The van der Waals surface area contributed by atoms with Crippen LogP contribution in [0, 0.1) is 0 Å². The highest BCUT2D eigenvalue weighted by molar-refractivity contribution is 9.10. The largest absolute Gasteiger partial charge is 0.478 e. The van der Waals surface area contributed by atoms with Gasteiger partial charge in [0.1, 0.15) is 0 Å². The normalized spacial score (nSPS) is 11.5. The van der Waals surface area contributed by atoms with Crippen molar-refractivity contribution in [1.82, 2.24) is 0 Å². The minimum Gasteiger partial charge on any atom is -0.478 e. The molecule has 0 aliphatic carbocycles. The smallest absolute Gasteiger partial charge is 0.331 e. The van der Waals surface area contributed by atoms with E-state index in [0.29, 0.717) is 23.4 Å². The van der Waals surface area contributed by atoms with Gasteiger partial charge >= 0.3 is 5.97 Å². The van der Waals surface area contributed by atoms with Crippen molar-refractivity contribution in [3.05, 3.63) is 34.3 Å². The number of nitrogens with two attached hydrogens (primary N) is 1. The molecule has 0 unspecified atom stereocenters. The van der Waals surface area contributed by atoms with Crippen LogP contribution in [-0.4, -0.2) is 16.8 Å². The highest BCUT2D eigenvalue weighted by Crippen LogP contribution is 2.28. The van der Waals surface area contributed by atoms with Crippen molar-refractivity contribution in [3.8, 4) is 0 Å². The molecule has 17 heavy (non-hydrogen) atoms. The summed E-state index contributed by atoms with van der Waals surface area (Å²) in [5, 5.41) is 8.85. The number of anilines is 1. The molecule has 92 valence electrons. The molecule has 0 amide bonds. The number of halogens is 1. The zero-order valence-electron chi connectivity index (χ0n) is 9.44. The first-order valence-corrected chi connectivity index (χ1v) is 6.92. The first-order valence-electron chi connectivity index (χ1n) is 5.14. The number of carbonyl (C=O) groups is 1. The highest BCUT2D eigenvalue weighted by Gasteiger charge is 2.04. The van der Waals surface area contributed by atoms with Gasteiger partial charge in [0.15, 0.2) is 0 Å². The summed E-state index contributed by atoms with van der Waals surface area (Å²) in [6.07, 6.45) is 2.26. The maximum atomic E-state index is 10.8. The van der Waals surface area contributed by atoms with Gasteiger partial charge in [0.05, 0.1) is 0 Å². The lowest BCUT2D eigenvalue weighted by molar-refractivity contribution is -0.132. The van der Waals surface area contributed by atoms with E-state index in [1.165, 1.54) is 11.8 Å². The summed E-state index contributed by atoms with van der Waals surface area (Å²) in [5.41, 5.74) is 6.98. The van der Waals surface area contributed by atoms with E-state index in [-0.39, 0.29) is 0 Å². The number of nitrogen functional groups attached to an aromatic ring is 1. The average molecular weight is 316 g/mol. The summed E-state index contributed by atoms with van der Waals surface area (Å²) in [6, 6.07) is 5.68. The molecular weight excluding hydrogens is 302 g/mol. The van der Waals surface area contributed by atoms with Gasteiger partial charge in [-0.1, -0.05) is 28.9 Å². The van der Waals surface area contributed by atoms with Gasteiger partial charge in [0, 0.05) is 26.4 Å². The molecule has 1 rings (SSSR count). The number of hydrogen-bond acceptors (Lipinski definition) is 3. The summed E-state index contributed by atoms with van der Waals surface area (Å²) in [5.74, 6) is -0.238. The molecule has 0 spiro atoms. The minimum atomic E-state index is -0.850. The van der Waals surface area contributed by atoms with Crippen LogP contribution < -0.4 is 5.73 Å². The van der Waals surface area contributed by atoms with Gasteiger partial charge in [0.25, 0.3) is 0 Å². The monoisotopic (exact) mass is 315 g/mol. The zero-order valence-corrected chi connectivity index (χ0v) is 11.8. The topological polar surface area (TPSA) is 63.3 Å². The Morgan fingerprint density at radius 2 is 2.29 bits per heavy atom. The molecule has 0 fully saturated rings. The number of thioether (sulfide) groups is 1. The van der Waals surface area contributed by atoms with Gasteiger partial charge in [-0.3, -0.25) is 0 Å². The van der Waals surface area contributed by atoms with Gasteiger partial charge in [-0.05, 0) is 24.6 Å². The number of benzene rings is 1. The number of carboxylic acid groups (broad SMARTS) is 1. The fourth-order valence-corrected chi connectivity index (χ4v) is 2.50. The third kappa shape index (κ3) is 4.44. The number of aliphatic carboxylic acids is 1. The Hall–Kier alpha value is -0.940. The summed E-state index contributed by atoms with van der Waals surface area (Å²) in [4.78, 5) is 11.7. The number of carboxylic acids is 1. The molecule has 3 nitrogen and oxygen atoms in total. The van der Waals surface area contributed by atoms with Crippen molar-refractivity contribution >= 4 is 39.3 Å². The van der Waals surface area contributed by atoms with E-state index < -0.39 is 5.97 Å². The summed E-state index contributed by atoms with van der Waals surface area (Å²) in [6.45, 7) is 1.83. The van der Waals surface area contributed by atoms with Crippen LogP contribution in [-0.2, 0) is 4.79 Å². The van der Waals surface area contributed by atoms with Crippen molar-refractivity contribution < 1.29 is 9.90 Å². The zero-order chi connectivity index (χ0) is 12.8. The minimum absolute atomic E-state index is 0.438. The van der Waals surface area contributed by atoms with E-state index in [0.717, 1.165) is 9.37 Å². The van der Waals surface area contributed by atoms with E-state index in [9.17, 15) is 4.79 Å². The Kier molecular flexibility index (Phi) is 5.58. The first kappa shape index (κ1) is 14.1. The van der Waals surface area contributed by atoms with Gasteiger partial charge in [-0.2, -0.15) is 0 Å². The molecule has 0 aliphatic heterocycles. The number of rotatable bonds is 5. The fraction of sp³-hybridized carbons (Fsp3) is 0.250. The quantitative estimate of drug-likeness (QED) is 0.495. The lowest BCUT2D eigenvalue weighted by Gasteiger charge is -2.04. The van der Waals surface area contributed by atoms with Crippen LogP contribution in [0.4, 0.5) is 5.69 Å². The van der Waals surface area contributed by atoms with Crippen LogP contribution in [0.2, 0.25) is 0 Å². The van der Waals surface area contributed by atoms with Crippen LogP contribution >= 0.6 is 27.7 Å². The van der Waals surface area contributed by atoms with Crippen molar-refractivity contribution in [3.63, 3.8) is 0 Å². The third-order valence-electron chi connectivity index (χ3n) is 2.20. The maximum absolute atomic E-state index is 10.8. The van der Waals surface area contributed by atoms with Crippen molar-refractivity contribution in [2.24, 2.45) is 0 Å². The first-order chi connectivity index (χ1) is 8.04. The Labute approximate surface area is 113 Å². The van der Waals surface area contributed by atoms with E-state index >= 15 is 0 Å². The van der Waals surface area contributed by atoms with Gasteiger partial charge in [0.2, 0.25) is 0 Å². The van der Waals surface area contributed by atoms with Gasteiger partial charge in [-0.15, -0.1) is 11.8 Å². The molecule has 5 heteroatoms. The summed E-state index contributed by atoms with van der Waals surface area (Å²) in [7, 11) is 0. The van der Waals surface area contributed by atoms with Crippen LogP contribution in [0.3, 0.4) is 0 Å². The number of hydrogen-bond donors (Lipinski definition) is 2. The van der Waals surface area contributed by atoms with Crippen molar-refractivity contribution in [2.75, 3.05) is 11.5 Å². The molecule has 0 saturated heterocycles. The SMILES string of the molecule is CCC(=CCSc1ccc(Br)cc1N)C(=O)O. The molecule has 0 bridgehead atoms. The van der Waals surface area contributed by atoms with Gasteiger partial charge in [-0.25, -0.2) is 4.79 Å². The fourth-order valence-electron chi connectivity index (χ4n) is 1.27. The molecular formula is C12H14BrNO2S. The lowest BCUT2D eigenvalue weighted by atomic mass is 10.2. The highest BCUT2D eigenvalue weighted by atomic mass is 79.9. The Bertz CT molecular complexity index is 446. The average Bonchev–Trinajstić information content (AvgIpc) is 2.26. The van der Waals surface area contributed by atoms with Crippen LogP contribution in [0.5, 0.6) is 0 Å². The van der Waals surface area contributed by atoms with Crippen LogP contribution in [0.25, 0.3) is 0 Å². The summed E-state index contributed by atoms with van der Waals surface area (Å²) >= 11 is 4.87. The second-order valence-electron chi connectivity index (χ2n) is 3.38. The molecule has 1 aromatic carbocycles. The Morgan fingerprint density at radius 3 is 2.82 bits per heavy atom. The van der Waals surface area contributed by atoms with E-state index in [4.69, 9.17) is 10.8 Å². The second-order valence-corrected chi connectivity index (χ2v) is 5.36. The van der Waals surface area contributed by atoms with Crippen LogP contribution in [0.15, 0.2) is 39.2 Å². The lowest BCUT2D eigenvalue weighted by Crippen LogP contribution is -1.99. The molecule has 0 aromatic heterocycles. The third-order valence-corrected chi connectivity index (χ3v) is 3.71. The summed E-state index contributed by atoms with van der Waals surface area (Å²) < 4.78 is 0.940.